The minimum Gasteiger partial charge on any atom is -0.321 e. The normalized spacial score (nSPS) is 10.4. The van der Waals surface area contributed by atoms with E-state index in [1.54, 1.807) is 18.3 Å². The minimum atomic E-state index is -0.215. The summed E-state index contributed by atoms with van der Waals surface area (Å²) in [5, 5.41) is 5.09. The van der Waals surface area contributed by atoms with Gasteiger partial charge in [-0.15, -0.1) is 0 Å². The summed E-state index contributed by atoms with van der Waals surface area (Å²) in [5.74, 6) is -0.215. The van der Waals surface area contributed by atoms with Gasteiger partial charge in [0.1, 0.15) is 5.69 Å². The summed E-state index contributed by atoms with van der Waals surface area (Å²) < 4.78 is 0.847. The molecule has 4 heteroatoms. The van der Waals surface area contributed by atoms with Gasteiger partial charge >= 0.3 is 0 Å². The van der Waals surface area contributed by atoms with Gasteiger partial charge in [-0.05, 0) is 51.0 Å². The van der Waals surface area contributed by atoms with Gasteiger partial charge in [0.05, 0.1) is 0 Å². The quantitative estimate of drug-likeness (QED) is 0.764. The fourth-order valence-electron chi connectivity index (χ4n) is 1.97. The van der Waals surface area contributed by atoms with Crippen LogP contribution in [0.4, 0.5) is 5.69 Å². The molecule has 3 nitrogen and oxygen atoms in total. The molecule has 0 atom stereocenters. The number of hydrogen-bond acceptors (Lipinski definition) is 2. The Labute approximate surface area is 124 Å². The van der Waals surface area contributed by atoms with Gasteiger partial charge in [-0.25, -0.2) is 4.98 Å². The van der Waals surface area contributed by atoms with E-state index in [1.807, 2.05) is 42.5 Å². The van der Waals surface area contributed by atoms with Crippen LogP contribution in [0, 0.1) is 0 Å². The highest BCUT2D eigenvalue weighted by Gasteiger charge is 2.07. The zero-order valence-electron chi connectivity index (χ0n) is 10.5. The molecule has 2 aromatic carbocycles. The van der Waals surface area contributed by atoms with Crippen LogP contribution in [0.3, 0.4) is 0 Å². The number of rotatable bonds is 2. The van der Waals surface area contributed by atoms with Crippen molar-refractivity contribution >= 4 is 38.3 Å². The molecule has 0 aliphatic heterocycles. The van der Waals surface area contributed by atoms with E-state index in [4.69, 9.17) is 0 Å². The standard InChI is InChI=1S/C16H11BrN2O/c17-13-6-8-15(18-10-13)16(20)19-14-7-5-11-3-1-2-4-12(11)9-14/h1-10H,(H,19,20). The average Bonchev–Trinajstić information content (AvgIpc) is 2.48. The maximum atomic E-state index is 12.1. The van der Waals surface area contributed by atoms with Crippen molar-refractivity contribution in [3.05, 3.63) is 71.0 Å². The Morgan fingerprint density at radius 3 is 2.55 bits per heavy atom. The number of amides is 1. The average molecular weight is 327 g/mol. The summed E-state index contributed by atoms with van der Waals surface area (Å²) >= 11 is 3.29. The highest BCUT2D eigenvalue weighted by molar-refractivity contribution is 9.10. The van der Waals surface area contributed by atoms with Gasteiger partial charge in [0, 0.05) is 16.4 Å². The predicted molar refractivity (Wildman–Crippen MR) is 83.8 cm³/mol. The molecule has 3 rings (SSSR count). The lowest BCUT2D eigenvalue weighted by molar-refractivity contribution is 0.102. The van der Waals surface area contributed by atoms with Crippen molar-refractivity contribution in [3.8, 4) is 0 Å². The molecule has 1 heterocycles. The summed E-state index contributed by atoms with van der Waals surface area (Å²) in [4.78, 5) is 16.2. The Hall–Kier alpha value is -2.20. The lowest BCUT2D eigenvalue weighted by Gasteiger charge is -2.06. The van der Waals surface area contributed by atoms with E-state index in [0.29, 0.717) is 5.69 Å². The molecule has 0 aliphatic carbocycles. The molecule has 0 spiro atoms. The molecule has 0 aliphatic rings. The van der Waals surface area contributed by atoms with Crippen LogP contribution < -0.4 is 5.32 Å². The lowest BCUT2D eigenvalue weighted by Crippen LogP contribution is -2.13. The van der Waals surface area contributed by atoms with Crippen LogP contribution in [0.2, 0.25) is 0 Å². The lowest BCUT2D eigenvalue weighted by atomic mass is 10.1. The molecule has 0 fully saturated rings. The Morgan fingerprint density at radius 1 is 1.00 bits per heavy atom. The molecule has 1 N–H and O–H groups in total. The number of benzene rings is 2. The maximum Gasteiger partial charge on any atom is 0.274 e. The summed E-state index contributed by atoms with van der Waals surface area (Å²) in [6.45, 7) is 0. The molecule has 0 saturated heterocycles. The van der Waals surface area contributed by atoms with Crippen molar-refractivity contribution in [3.63, 3.8) is 0 Å². The fourth-order valence-corrected chi connectivity index (χ4v) is 2.21. The molecule has 98 valence electrons. The van der Waals surface area contributed by atoms with Crippen LogP contribution in [-0.4, -0.2) is 10.9 Å². The van der Waals surface area contributed by atoms with Crippen molar-refractivity contribution < 1.29 is 4.79 Å². The summed E-state index contributed by atoms with van der Waals surface area (Å²) in [7, 11) is 0. The number of anilines is 1. The van der Waals surface area contributed by atoms with Gasteiger partial charge in [-0.2, -0.15) is 0 Å². The first-order valence-electron chi connectivity index (χ1n) is 6.14. The summed E-state index contributed by atoms with van der Waals surface area (Å²) in [6.07, 6.45) is 1.61. The number of carbonyl (C=O) groups excluding carboxylic acids is 1. The van der Waals surface area contributed by atoms with Gasteiger partial charge in [0.25, 0.3) is 5.91 Å². The largest absolute Gasteiger partial charge is 0.321 e. The van der Waals surface area contributed by atoms with E-state index >= 15 is 0 Å². The molecular weight excluding hydrogens is 316 g/mol. The number of pyridine rings is 1. The first kappa shape index (κ1) is 12.8. The van der Waals surface area contributed by atoms with Crippen LogP contribution in [0.15, 0.2) is 65.3 Å². The molecule has 3 aromatic rings. The van der Waals surface area contributed by atoms with E-state index < -0.39 is 0 Å². The third-order valence-electron chi connectivity index (χ3n) is 2.97. The summed E-state index contributed by atoms with van der Waals surface area (Å²) in [5.41, 5.74) is 1.15. The molecule has 0 unspecified atom stereocenters. The monoisotopic (exact) mass is 326 g/mol. The first-order valence-corrected chi connectivity index (χ1v) is 6.93. The molecule has 20 heavy (non-hydrogen) atoms. The molecule has 0 radical (unpaired) electrons. The number of nitrogens with zero attached hydrogens (tertiary/aromatic N) is 1. The van der Waals surface area contributed by atoms with Crippen LogP contribution in [0.25, 0.3) is 10.8 Å². The van der Waals surface area contributed by atoms with Crippen LogP contribution in [0.1, 0.15) is 10.5 Å². The van der Waals surface area contributed by atoms with E-state index in [2.05, 4.69) is 26.2 Å². The third kappa shape index (κ3) is 2.70. The van der Waals surface area contributed by atoms with Crippen LogP contribution in [-0.2, 0) is 0 Å². The van der Waals surface area contributed by atoms with Gasteiger partial charge in [-0.3, -0.25) is 4.79 Å². The number of fused-ring (bicyclic) bond motifs is 1. The number of carbonyl (C=O) groups is 1. The Morgan fingerprint density at radius 2 is 1.80 bits per heavy atom. The first-order chi connectivity index (χ1) is 9.72. The van der Waals surface area contributed by atoms with Crippen molar-refractivity contribution in [2.75, 3.05) is 5.32 Å². The van der Waals surface area contributed by atoms with Crippen molar-refractivity contribution in [2.45, 2.75) is 0 Å². The topological polar surface area (TPSA) is 42.0 Å². The Balaban J connectivity index is 1.85. The number of nitrogens with one attached hydrogen (secondary N) is 1. The fraction of sp³-hybridized carbons (Fsp3) is 0. The Kier molecular flexibility index (Phi) is 3.48. The van der Waals surface area contributed by atoms with Crippen molar-refractivity contribution in [2.24, 2.45) is 0 Å². The highest BCUT2D eigenvalue weighted by atomic mass is 79.9. The predicted octanol–water partition coefficient (Wildman–Crippen LogP) is 4.25. The maximum absolute atomic E-state index is 12.1. The number of halogens is 1. The van der Waals surface area contributed by atoms with Gasteiger partial charge in [0.2, 0.25) is 0 Å². The van der Waals surface area contributed by atoms with Crippen LogP contribution >= 0.6 is 15.9 Å². The smallest absolute Gasteiger partial charge is 0.274 e. The second-order valence-corrected chi connectivity index (χ2v) is 5.29. The molecule has 1 aromatic heterocycles. The zero-order chi connectivity index (χ0) is 13.9. The second-order valence-electron chi connectivity index (χ2n) is 4.38. The van der Waals surface area contributed by atoms with E-state index in [0.717, 1.165) is 20.9 Å². The van der Waals surface area contributed by atoms with Crippen LogP contribution in [0.5, 0.6) is 0 Å². The molecule has 0 bridgehead atoms. The number of aromatic nitrogens is 1. The third-order valence-corrected chi connectivity index (χ3v) is 3.44. The van der Waals surface area contributed by atoms with Gasteiger partial charge < -0.3 is 5.32 Å². The van der Waals surface area contributed by atoms with Gasteiger partial charge in [-0.1, -0.05) is 30.3 Å². The second kappa shape index (κ2) is 5.43. The van der Waals surface area contributed by atoms with E-state index in [1.165, 1.54) is 0 Å². The highest BCUT2D eigenvalue weighted by Crippen LogP contribution is 2.19. The SMILES string of the molecule is O=C(Nc1ccc2ccccc2c1)c1ccc(Br)cn1. The van der Waals surface area contributed by atoms with Gasteiger partial charge in [0.15, 0.2) is 0 Å². The number of hydrogen-bond donors (Lipinski definition) is 1. The molecule has 0 saturated carbocycles. The van der Waals surface area contributed by atoms with E-state index in [9.17, 15) is 4.79 Å². The molecular formula is C16H11BrN2O. The Bertz CT molecular complexity index is 769. The molecule has 1 amide bonds. The van der Waals surface area contributed by atoms with E-state index in [-0.39, 0.29) is 5.91 Å². The van der Waals surface area contributed by atoms with Crippen molar-refractivity contribution in [1.82, 2.24) is 4.98 Å². The van der Waals surface area contributed by atoms with Crippen molar-refractivity contribution in [1.29, 1.82) is 0 Å². The summed E-state index contributed by atoms with van der Waals surface area (Å²) in [6, 6.07) is 17.3. The minimum absolute atomic E-state index is 0.215. The zero-order valence-corrected chi connectivity index (χ0v) is 12.1.